The zero-order valence-electron chi connectivity index (χ0n) is 17.7. The van der Waals surface area contributed by atoms with Crippen molar-refractivity contribution in [3.05, 3.63) is 59.2 Å². The lowest BCUT2D eigenvalue weighted by atomic mass is 9.92. The Bertz CT molecular complexity index is 1160. The van der Waals surface area contributed by atoms with Gasteiger partial charge in [-0.25, -0.2) is 16.8 Å². The number of fused-ring (bicyclic) bond motifs is 1. The number of hydrogen-bond acceptors (Lipinski definition) is 6. The summed E-state index contributed by atoms with van der Waals surface area (Å²) in [5.74, 6) is 0.275. The fraction of sp³-hybridized carbons (Fsp3) is 0.478. The van der Waals surface area contributed by atoms with Gasteiger partial charge in [-0.15, -0.1) is 0 Å². The molecule has 1 fully saturated rings. The van der Waals surface area contributed by atoms with Crippen LogP contribution in [0, 0.1) is 0 Å². The molecule has 1 aliphatic carbocycles. The number of methoxy groups -OCH3 is 1. The normalized spacial score (nSPS) is 22.7. The summed E-state index contributed by atoms with van der Waals surface area (Å²) < 4.78 is 56.8. The summed E-state index contributed by atoms with van der Waals surface area (Å²) in [4.78, 5) is 0.245. The first kappa shape index (κ1) is 22.3. The number of aryl methyl sites for hydroxylation is 2. The van der Waals surface area contributed by atoms with Gasteiger partial charge in [0.1, 0.15) is 5.75 Å². The third-order valence-corrected chi connectivity index (χ3v) is 10.5. The first-order chi connectivity index (χ1) is 14.8. The maximum Gasteiger partial charge on any atom is 0.183 e. The van der Waals surface area contributed by atoms with Gasteiger partial charge in [-0.2, -0.15) is 0 Å². The molecular formula is C23H29NO5S2. The molecule has 0 amide bonds. The number of hydrogen-bond donors (Lipinski definition) is 1. The highest BCUT2D eigenvalue weighted by molar-refractivity contribution is 7.96. The van der Waals surface area contributed by atoms with E-state index in [4.69, 9.17) is 4.74 Å². The van der Waals surface area contributed by atoms with Crippen LogP contribution in [0.1, 0.15) is 29.5 Å². The van der Waals surface area contributed by atoms with E-state index >= 15 is 0 Å². The minimum atomic E-state index is -3.76. The molecule has 4 rings (SSSR count). The van der Waals surface area contributed by atoms with Crippen molar-refractivity contribution in [2.24, 2.45) is 0 Å². The number of nitrogens with one attached hydrogen (secondary N) is 1. The van der Waals surface area contributed by atoms with Crippen LogP contribution in [-0.2, 0) is 38.9 Å². The molecule has 2 aromatic rings. The van der Waals surface area contributed by atoms with Gasteiger partial charge in [0.15, 0.2) is 19.7 Å². The second kappa shape index (κ2) is 8.92. The molecule has 0 saturated carbocycles. The van der Waals surface area contributed by atoms with Gasteiger partial charge in [0.2, 0.25) is 0 Å². The van der Waals surface area contributed by atoms with Gasteiger partial charge in [0.25, 0.3) is 0 Å². The molecule has 1 N–H and O–H groups in total. The Morgan fingerprint density at radius 2 is 1.81 bits per heavy atom. The van der Waals surface area contributed by atoms with Gasteiger partial charge in [-0.05, 0) is 79.6 Å². The van der Waals surface area contributed by atoms with E-state index in [0.29, 0.717) is 13.0 Å². The van der Waals surface area contributed by atoms with Gasteiger partial charge in [-0.3, -0.25) is 0 Å². The SMILES string of the molecule is COc1cccc(CCN[C@H]2CS(=O)(=O)C[C@@H]2S(=O)(=O)c2ccc3c(c2)CCCC3)c1. The van der Waals surface area contributed by atoms with Gasteiger partial charge in [-0.1, -0.05) is 18.2 Å². The molecule has 168 valence electrons. The monoisotopic (exact) mass is 463 g/mol. The number of benzene rings is 2. The number of ether oxygens (including phenoxy) is 1. The van der Waals surface area contributed by atoms with E-state index in [1.54, 1.807) is 19.2 Å². The summed E-state index contributed by atoms with van der Waals surface area (Å²) in [6, 6.07) is 12.4. The highest BCUT2D eigenvalue weighted by Gasteiger charge is 2.45. The van der Waals surface area contributed by atoms with Crippen LogP contribution in [0.3, 0.4) is 0 Å². The predicted octanol–water partition coefficient (Wildman–Crippen LogP) is 2.35. The highest BCUT2D eigenvalue weighted by atomic mass is 32.2. The summed E-state index contributed by atoms with van der Waals surface area (Å²) in [6.45, 7) is 0.490. The van der Waals surface area contributed by atoms with Crippen LogP contribution in [0.15, 0.2) is 47.4 Å². The molecule has 0 radical (unpaired) electrons. The third-order valence-electron chi connectivity index (χ3n) is 6.30. The van der Waals surface area contributed by atoms with E-state index in [1.165, 1.54) is 5.56 Å². The Labute approximate surface area is 184 Å². The van der Waals surface area contributed by atoms with E-state index < -0.39 is 31.0 Å². The van der Waals surface area contributed by atoms with Crippen molar-refractivity contribution in [2.75, 3.05) is 25.2 Å². The maximum absolute atomic E-state index is 13.4. The Morgan fingerprint density at radius 3 is 2.58 bits per heavy atom. The lowest BCUT2D eigenvalue weighted by Crippen LogP contribution is -2.44. The molecule has 31 heavy (non-hydrogen) atoms. The zero-order valence-corrected chi connectivity index (χ0v) is 19.3. The van der Waals surface area contributed by atoms with Crippen molar-refractivity contribution in [3.63, 3.8) is 0 Å². The summed E-state index contributed by atoms with van der Waals surface area (Å²) in [5.41, 5.74) is 3.33. The minimum Gasteiger partial charge on any atom is -0.497 e. The second-order valence-electron chi connectivity index (χ2n) is 8.46. The lowest BCUT2D eigenvalue weighted by Gasteiger charge is -2.22. The van der Waals surface area contributed by atoms with Crippen LogP contribution in [0.2, 0.25) is 0 Å². The molecule has 0 unspecified atom stereocenters. The topological polar surface area (TPSA) is 89.5 Å². The van der Waals surface area contributed by atoms with Crippen molar-refractivity contribution >= 4 is 19.7 Å². The summed E-state index contributed by atoms with van der Waals surface area (Å²) in [6.07, 6.45) is 4.69. The van der Waals surface area contributed by atoms with E-state index in [1.807, 2.05) is 30.3 Å². The lowest BCUT2D eigenvalue weighted by molar-refractivity contribution is 0.414. The fourth-order valence-corrected chi connectivity index (χ4v) is 9.37. The largest absolute Gasteiger partial charge is 0.497 e. The Kier molecular flexibility index (Phi) is 6.42. The van der Waals surface area contributed by atoms with Gasteiger partial charge < -0.3 is 10.1 Å². The molecule has 1 saturated heterocycles. The molecule has 2 aliphatic rings. The molecule has 8 heteroatoms. The van der Waals surface area contributed by atoms with Crippen LogP contribution in [0.5, 0.6) is 5.75 Å². The smallest absolute Gasteiger partial charge is 0.183 e. The van der Waals surface area contributed by atoms with Gasteiger partial charge >= 0.3 is 0 Å². The molecule has 2 atom stereocenters. The molecule has 0 aromatic heterocycles. The first-order valence-electron chi connectivity index (χ1n) is 10.7. The van der Waals surface area contributed by atoms with Gasteiger partial charge in [0, 0.05) is 6.04 Å². The van der Waals surface area contributed by atoms with E-state index in [0.717, 1.165) is 42.6 Å². The van der Waals surface area contributed by atoms with E-state index in [-0.39, 0.29) is 16.4 Å². The highest BCUT2D eigenvalue weighted by Crippen LogP contribution is 2.29. The number of sulfone groups is 2. The van der Waals surface area contributed by atoms with Crippen LogP contribution in [-0.4, -0.2) is 53.3 Å². The van der Waals surface area contributed by atoms with Crippen molar-refractivity contribution in [3.8, 4) is 5.75 Å². The summed E-state index contributed by atoms with van der Waals surface area (Å²) in [5, 5.41) is 2.24. The molecule has 0 bridgehead atoms. The molecule has 1 heterocycles. The maximum atomic E-state index is 13.4. The third kappa shape index (κ3) is 4.96. The van der Waals surface area contributed by atoms with E-state index in [2.05, 4.69) is 5.32 Å². The standard InChI is InChI=1S/C23H29NO5S2/c1-29-20-8-4-5-17(13-20)11-12-24-22-15-30(25,26)16-23(22)31(27,28)21-10-9-18-6-2-3-7-19(18)14-21/h4-5,8-10,13-14,22-24H,2-3,6-7,11-12,15-16H2,1H3/t22-,23-/m0/s1. The second-order valence-corrected chi connectivity index (χ2v) is 12.8. The fourth-order valence-electron chi connectivity index (χ4n) is 4.60. The molecule has 1 aliphatic heterocycles. The van der Waals surface area contributed by atoms with Crippen LogP contribution >= 0.6 is 0 Å². The first-order valence-corrected chi connectivity index (χ1v) is 14.1. The molecular weight excluding hydrogens is 434 g/mol. The predicted molar refractivity (Wildman–Crippen MR) is 121 cm³/mol. The van der Waals surface area contributed by atoms with Crippen molar-refractivity contribution in [2.45, 2.75) is 48.3 Å². The van der Waals surface area contributed by atoms with Crippen LogP contribution in [0.4, 0.5) is 0 Å². The Balaban J connectivity index is 1.51. The average Bonchev–Trinajstić information content (AvgIpc) is 3.08. The Hall–Kier alpha value is -1.90. The summed E-state index contributed by atoms with van der Waals surface area (Å²) in [7, 11) is -5.57. The number of rotatable bonds is 7. The van der Waals surface area contributed by atoms with Gasteiger partial charge in [0.05, 0.1) is 28.8 Å². The average molecular weight is 464 g/mol. The Morgan fingerprint density at radius 1 is 1.03 bits per heavy atom. The summed E-state index contributed by atoms with van der Waals surface area (Å²) >= 11 is 0. The zero-order chi connectivity index (χ0) is 22.1. The van der Waals surface area contributed by atoms with Crippen molar-refractivity contribution in [1.29, 1.82) is 0 Å². The van der Waals surface area contributed by atoms with Crippen molar-refractivity contribution < 1.29 is 21.6 Å². The molecule has 6 nitrogen and oxygen atoms in total. The van der Waals surface area contributed by atoms with E-state index in [9.17, 15) is 16.8 Å². The minimum absolute atomic E-state index is 0.153. The van der Waals surface area contributed by atoms with Crippen LogP contribution < -0.4 is 10.1 Å². The van der Waals surface area contributed by atoms with Crippen LogP contribution in [0.25, 0.3) is 0 Å². The quantitative estimate of drug-likeness (QED) is 0.678. The molecule has 0 spiro atoms. The molecule has 2 aromatic carbocycles. The van der Waals surface area contributed by atoms with Crippen molar-refractivity contribution in [1.82, 2.24) is 5.32 Å².